The second-order valence-electron chi connectivity index (χ2n) is 6.86. The molecule has 1 aliphatic rings. The Morgan fingerprint density at radius 2 is 1.94 bits per heavy atom. The van der Waals surface area contributed by atoms with E-state index in [1.54, 1.807) is 19.3 Å². The number of hydrazine groups is 1. The van der Waals surface area contributed by atoms with E-state index < -0.39 is 21.7 Å². The second-order valence-corrected chi connectivity index (χ2v) is 8.60. The number of hydrogen-bond acceptors (Lipinski definition) is 5. The van der Waals surface area contributed by atoms with Crippen molar-refractivity contribution in [2.24, 2.45) is 0 Å². The summed E-state index contributed by atoms with van der Waals surface area (Å²) < 4.78 is 45.2. The van der Waals surface area contributed by atoms with Crippen LogP contribution in [0.2, 0.25) is 0 Å². The number of sulfonamides is 1. The molecular weight excluding hydrogens is 423 g/mol. The molecular formula is C21H19FN4O4S. The number of amides is 1. The third kappa shape index (κ3) is 4.35. The smallest absolute Gasteiger partial charge is 0.284 e. The van der Waals surface area contributed by atoms with E-state index in [1.807, 2.05) is 12.1 Å². The minimum absolute atomic E-state index is 0.0852. The average Bonchev–Trinajstić information content (AvgIpc) is 3.27. The molecule has 31 heavy (non-hydrogen) atoms. The van der Waals surface area contributed by atoms with Crippen molar-refractivity contribution in [1.29, 1.82) is 0 Å². The van der Waals surface area contributed by atoms with E-state index in [9.17, 15) is 17.6 Å². The van der Waals surface area contributed by atoms with Gasteiger partial charge in [0.25, 0.3) is 15.9 Å². The van der Waals surface area contributed by atoms with Gasteiger partial charge in [-0.3, -0.25) is 14.8 Å². The summed E-state index contributed by atoms with van der Waals surface area (Å²) in [6, 6.07) is 11.0. The van der Waals surface area contributed by atoms with Crippen molar-refractivity contribution < 1.29 is 22.3 Å². The maximum Gasteiger partial charge on any atom is 0.284 e. The first-order valence-electron chi connectivity index (χ1n) is 9.35. The van der Waals surface area contributed by atoms with Crippen LogP contribution in [0.5, 0.6) is 5.75 Å². The molecule has 0 aliphatic heterocycles. The highest BCUT2D eigenvalue weighted by Crippen LogP contribution is 2.29. The summed E-state index contributed by atoms with van der Waals surface area (Å²) in [6.45, 7) is 0. The first kappa shape index (κ1) is 20.8. The molecule has 0 atom stereocenters. The van der Waals surface area contributed by atoms with Crippen LogP contribution in [0.4, 0.5) is 4.39 Å². The fourth-order valence-electron chi connectivity index (χ4n) is 3.29. The molecule has 1 aliphatic carbocycles. The van der Waals surface area contributed by atoms with Gasteiger partial charge in [0.05, 0.1) is 24.5 Å². The maximum absolute atomic E-state index is 13.2. The number of methoxy groups -OCH3 is 1. The Bertz CT molecular complexity index is 1270. The lowest BCUT2D eigenvalue weighted by molar-refractivity contribution is 0.0938. The molecule has 0 bridgehead atoms. The quantitative estimate of drug-likeness (QED) is 0.572. The molecule has 1 aromatic heterocycles. The number of fused-ring (bicyclic) bond motifs is 1. The lowest BCUT2D eigenvalue weighted by Crippen LogP contribution is -2.42. The van der Waals surface area contributed by atoms with Crippen LogP contribution in [0.25, 0.3) is 11.8 Å². The molecule has 0 saturated carbocycles. The van der Waals surface area contributed by atoms with Gasteiger partial charge in [-0.05, 0) is 66.4 Å². The van der Waals surface area contributed by atoms with Crippen LogP contribution in [-0.2, 0) is 16.4 Å². The number of hydrogen-bond donors (Lipinski definition) is 2. The zero-order chi connectivity index (χ0) is 22.0. The summed E-state index contributed by atoms with van der Waals surface area (Å²) in [5.41, 5.74) is 4.58. The third-order valence-electron chi connectivity index (χ3n) is 4.93. The number of nitrogens with zero attached hydrogens (tertiary/aromatic N) is 2. The van der Waals surface area contributed by atoms with Crippen molar-refractivity contribution in [3.8, 4) is 11.4 Å². The van der Waals surface area contributed by atoms with Crippen LogP contribution in [0.3, 0.4) is 0 Å². The average molecular weight is 442 g/mol. The zero-order valence-electron chi connectivity index (χ0n) is 16.5. The Hall–Kier alpha value is -3.50. The lowest BCUT2D eigenvalue weighted by atomic mass is 9.97. The number of imidazole rings is 1. The number of ether oxygens (including phenoxy) is 1. The van der Waals surface area contributed by atoms with E-state index in [0.717, 1.165) is 11.1 Å². The zero-order valence-corrected chi connectivity index (χ0v) is 17.3. The minimum atomic E-state index is -3.96. The first-order chi connectivity index (χ1) is 14.9. The number of aryl methyl sites for hydroxylation is 1. The lowest BCUT2D eigenvalue weighted by Gasteiger charge is -2.18. The molecule has 0 saturated heterocycles. The predicted octanol–water partition coefficient (Wildman–Crippen LogP) is 2.57. The predicted molar refractivity (Wildman–Crippen MR) is 112 cm³/mol. The summed E-state index contributed by atoms with van der Waals surface area (Å²) >= 11 is 0. The van der Waals surface area contributed by atoms with Crippen LogP contribution in [0.15, 0.2) is 59.9 Å². The topological polar surface area (TPSA) is 102 Å². The number of benzene rings is 2. The molecule has 0 spiro atoms. The van der Waals surface area contributed by atoms with Crippen molar-refractivity contribution in [3.63, 3.8) is 0 Å². The van der Waals surface area contributed by atoms with E-state index in [4.69, 9.17) is 4.74 Å². The highest BCUT2D eigenvalue weighted by molar-refractivity contribution is 7.93. The highest BCUT2D eigenvalue weighted by atomic mass is 32.2. The Labute approximate surface area is 178 Å². The fourth-order valence-corrected chi connectivity index (χ4v) is 4.30. The van der Waals surface area contributed by atoms with Crippen LogP contribution in [-0.4, -0.2) is 31.0 Å². The number of aromatic nitrogens is 2. The summed E-state index contributed by atoms with van der Waals surface area (Å²) in [6.07, 6.45) is 5.09. The maximum atomic E-state index is 13.2. The normalized spacial score (nSPS) is 13.3. The standard InChI is InChI=1S/C21H19FN4O4S/c1-30-18-8-2-14-3-9-19(11-15(14)10-18)31(28,29)25-24-21(27)20-12-23-13-26(20)17-6-4-16(22)5-7-17/h2,4-8,10-13,25H,3,9H2,1H3,(H,24,27). The summed E-state index contributed by atoms with van der Waals surface area (Å²) in [5, 5.41) is 0. The fraction of sp³-hybridized carbons (Fsp3) is 0.143. The molecule has 2 aromatic carbocycles. The summed E-state index contributed by atoms with van der Waals surface area (Å²) in [5.74, 6) is -0.490. The summed E-state index contributed by atoms with van der Waals surface area (Å²) in [7, 11) is -2.41. The van der Waals surface area contributed by atoms with Gasteiger partial charge in [0.1, 0.15) is 17.3 Å². The van der Waals surface area contributed by atoms with Crippen LogP contribution >= 0.6 is 0 Å². The second kappa shape index (κ2) is 8.32. The minimum Gasteiger partial charge on any atom is -0.497 e. The van der Waals surface area contributed by atoms with Crippen LogP contribution in [0.1, 0.15) is 28.0 Å². The van der Waals surface area contributed by atoms with Crippen molar-refractivity contribution in [2.45, 2.75) is 12.8 Å². The van der Waals surface area contributed by atoms with E-state index in [1.165, 1.54) is 41.4 Å². The van der Waals surface area contributed by atoms with Gasteiger partial charge in [0.2, 0.25) is 0 Å². The molecule has 0 radical (unpaired) electrons. The molecule has 2 N–H and O–H groups in total. The van der Waals surface area contributed by atoms with E-state index in [2.05, 4.69) is 15.2 Å². The van der Waals surface area contributed by atoms with Gasteiger partial charge in [-0.1, -0.05) is 6.07 Å². The molecule has 0 fully saturated rings. The highest BCUT2D eigenvalue weighted by Gasteiger charge is 2.23. The van der Waals surface area contributed by atoms with Crippen molar-refractivity contribution >= 4 is 22.0 Å². The monoisotopic (exact) mass is 442 g/mol. The number of nitrogens with one attached hydrogen (secondary N) is 2. The van der Waals surface area contributed by atoms with Crippen LogP contribution < -0.4 is 15.0 Å². The molecule has 10 heteroatoms. The summed E-state index contributed by atoms with van der Waals surface area (Å²) in [4.78, 5) is 18.8. The Balaban J connectivity index is 1.50. The number of carbonyl (C=O) groups is 1. The molecule has 8 nitrogen and oxygen atoms in total. The van der Waals surface area contributed by atoms with E-state index in [-0.39, 0.29) is 10.6 Å². The number of carbonyl (C=O) groups excluding carboxylic acids is 1. The van der Waals surface area contributed by atoms with E-state index >= 15 is 0 Å². The number of allylic oxidation sites excluding steroid dienone is 1. The molecule has 1 heterocycles. The van der Waals surface area contributed by atoms with Gasteiger partial charge in [-0.25, -0.2) is 17.8 Å². The Morgan fingerprint density at radius 1 is 1.16 bits per heavy atom. The largest absolute Gasteiger partial charge is 0.497 e. The van der Waals surface area contributed by atoms with Gasteiger partial charge in [-0.15, -0.1) is 4.83 Å². The number of rotatable bonds is 6. The van der Waals surface area contributed by atoms with Gasteiger partial charge >= 0.3 is 0 Å². The molecule has 4 rings (SSSR count). The van der Waals surface area contributed by atoms with Gasteiger partial charge in [0, 0.05) is 5.69 Å². The molecule has 0 unspecified atom stereocenters. The van der Waals surface area contributed by atoms with Crippen molar-refractivity contribution in [3.05, 3.63) is 82.5 Å². The molecule has 1 amide bonds. The Morgan fingerprint density at radius 3 is 2.68 bits per heavy atom. The SMILES string of the molecule is COc1ccc2c(c1)C=C(S(=O)(=O)NNC(=O)c1cncn1-c1ccc(F)cc1)CC2. The van der Waals surface area contributed by atoms with E-state index in [0.29, 0.717) is 24.3 Å². The van der Waals surface area contributed by atoms with Crippen molar-refractivity contribution in [2.75, 3.05) is 7.11 Å². The van der Waals surface area contributed by atoms with Gasteiger partial charge in [-0.2, -0.15) is 0 Å². The Kier molecular flexibility index (Phi) is 5.57. The van der Waals surface area contributed by atoms with Gasteiger partial charge < -0.3 is 4.74 Å². The molecule has 3 aromatic rings. The number of halogens is 1. The first-order valence-corrected chi connectivity index (χ1v) is 10.8. The van der Waals surface area contributed by atoms with Gasteiger partial charge in [0.15, 0.2) is 0 Å². The van der Waals surface area contributed by atoms with Crippen LogP contribution in [0, 0.1) is 5.82 Å². The van der Waals surface area contributed by atoms with Crippen molar-refractivity contribution in [1.82, 2.24) is 19.8 Å². The molecule has 160 valence electrons. The third-order valence-corrected chi connectivity index (χ3v) is 6.31.